The summed E-state index contributed by atoms with van der Waals surface area (Å²) in [7, 11) is 0. The molecule has 0 aliphatic heterocycles. The van der Waals surface area contributed by atoms with Crippen LogP contribution in [0.4, 0.5) is 11.9 Å². The summed E-state index contributed by atoms with van der Waals surface area (Å²) >= 11 is 5.90. The molecule has 102 valence electrons. The van der Waals surface area contributed by atoms with E-state index in [-0.39, 0.29) is 5.28 Å². The van der Waals surface area contributed by atoms with Gasteiger partial charge in [-0.15, -0.1) is 0 Å². The molecule has 7 nitrogen and oxygen atoms in total. The number of hydrogen-bond acceptors (Lipinski definition) is 7. The van der Waals surface area contributed by atoms with Gasteiger partial charge < -0.3 is 14.7 Å². The first-order chi connectivity index (χ1) is 9.22. The lowest BCUT2D eigenvalue weighted by atomic mass is 10.4. The molecule has 0 fully saturated rings. The maximum atomic E-state index is 5.90. The first-order valence-electron chi connectivity index (χ1n) is 6.02. The van der Waals surface area contributed by atoms with Gasteiger partial charge in [-0.1, -0.05) is 5.16 Å². The van der Waals surface area contributed by atoms with E-state index in [1.54, 1.807) is 12.3 Å². The van der Waals surface area contributed by atoms with Gasteiger partial charge in [0.25, 0.3) is 0 Å². The lowest BCUT2D eigenvalue weighted by Gasteiger charge is -2.18. The van der Waals surface area contributed by atoms with E-state index in [2.05, 4.69) is 25.4 Å². The number of nitrogens with zero attached hydrogens (tertiary/aromatic N) is 5. The van der Waals surface area contributed by atoms with E-state index in [4.69, 9.17) is 16.1 Å². The van der Waals surface area contributed by atoms with Crippen molar-refractivity contribution in [3.05, 3.63) is 23.3 Å². The third-order valence-corrected chi connectivity index (χ3v) is 2.72. The van der Waals surface area contributed by atoms with Gasteiger partial charge in [0.2, 0.25) is 17.2 Å². The predicted octanol–water partition coefficient (Wildman–Crippen LogP) is 1.97. The predicted molar refractivity (Wildman–Crippen MR) is 72.2 cm³/mol. The summed E-state index contributed by atoms with van der Waals surface area (Å²) in [5, 5.41) is 6.81. The van der Waals surface area contributed by atoms with Crippen LogP contribution in [0.2, 0.25) is 5.28 Å². The molecule has 2 aromatic rings. The maximum absolute atomic E-state index is 5.90. The third kappa shape index (κ3) is 3.54. The average Bonchev–Trinajstić information content (AvgIpc) is 2.90. The van der Waals surface area contributed by atoms with Gasteiger partial charge in [0.1, 0.15) is 0 Å². The molecule has 0 spiro atoms. The number of rotatable bonds is 6. The quantitative estimate of drug-likeness (QED) is 0.867. The van der Waals surface area contributed by atoms with Crippen LogP contribution in [-0.4, -0.2) is 33.2 Å². The minimum Gasteiger partial charge on any atom is -0.360 e. The fourth-order valence-electron chi connectivity index (χ4n) is 1.57. The fourth-order valence-corrected chi connectivity index (χ4v) is 1.72. The van der Waals surface area contributed by atoms with E-state index >= 15 is 0 Å². The van der Waals surface area contributed by atoms with Crippen molar-refractivity contribution in [1.29, 1.82) is 0 Å². The van der Waals surface area contributed by atoms with E-state index in [1.165, 1.54) is 0 Å². The van der Waals surface area contributed by atoms with Crippen molar-refractivity contribution in [2.24, 2.45) is 0 Å². The second kappa shape index (κ2) is 6.33. The Kier molecular flexibility index (Phi) is 4.51. The molecule has 0 radical (unpaired) electrons. The van der Waals surface area contributed by atoms with Crippen molar-refractivity contribution in [3.63, 3.8) is 0 Å². The van der Waals surface area contributed by atoms with E-state index < -0.39 is 0 Å². The number of hydrogen-bond donors (Lipinski definition) is 1. The highest BCUT2D eigenvalue weighted by Gasteiger charge is 2.10. The monoisotopic (exact) mass is 282 g/mol. The van der Waals surface area contributed by atoms with Crippen LogP contribution in [0.5, 0.6) is 0 Å². The molecule has 0 saturated heterocycles. The molecule has 0 aromatic carbocycles. The molecule has 0 bridgehead atoms. The van der Waals surface area contributed by atoms with Crippen LogP contribution in [0.3, 0.4) is 0 Å². The second-order valence-electron chi connectivity index (χ2n) is 3.73. The van der Waals surface area contributed by atoms with Gasteiger partial charge in [0.15, 0.2) is 5.76 Å². The van der Waals surface area contributed by atoms with Crippen molar-refractivity contribution < 1.29 is 4.52 Å². The number of anilines is 2. The minimum atomic E-state index is 0.164. The zero-order valence-electron chi connectivity index (χ0n) is 10.8. The van der Waals surface area contributed by atoms with Crippen LogP contribution in [0.25, 0.3) is 0 Å². The highest BCUT2D eigenvalue weighted by molar-refractivity contribution is 6.28. The van der Waals surface area contributed by atoms with E-state index in [9.17, 15) is 0 Å². The van der Waals surface area contributed by atoms with Gasteiger partial charge >= 0.3 is 0 Å². The smallest absolute Gasteiger partial charge is 0.231 e. The largest absolute Gasteiger partial charge is 0.360 e. The van der Waals surface area contributed by atoms with Gasteiger partial charge in [-0.3, -0.25) is 0 Å². The lowest BCUT2D eigenvalue weighted by Crippen LogP contribution is -2.25. The molecule has 2 aromatic heterocycles. The van der Waals surface area contributed by atoms with Crippen LogP contribution in [-0.2, 0) is 6.54 Å². The van der Waals surface area contributed by atoms with Gasteiger partial charge in [-0.25, -0.2) is 0 Å². The Morgan fingerprint density at radius 3 is 2.68 bits per heavy atom. The van der Waals surface area contributed by atoms with Crippen LogP contribution in [0.1, 0.15) is 19.6 Å². The molecule has 19 heavy (non-hydrogen) atoms. The average molecular weight is 283 g/mol. The molecule has 0 aliphatic carbocycles. The zero-order valence-corrected chi connectivity index (χ0v) is 11.6. The Labute approximate surface area is 116 Å². The summed E-state index contributed by atoms with van der Waals surface area (Å²) in [6.07, 6.45) is 1.58. The molecule has 0 aliphatic rings. The molecular formula is C11H15ClN6O. The van der Waals surface area contributed by atoms with Crippen LogP contribution >= 0.6 is 11.6 Å². The van der Waals surface area contributed by atoms with Crippen molar-refractivity contribution in [3.8, 4) is 0 Å². The van der Waals surface area contributed by atoms with Crippen LogP contribution in [0.15, 0.2) is 16.8 Å². The molecule has 8 heteroatoms. The van der Waals surface area contributed by atoms with Crippen LogP contribution in [0, 0.1) is 0 Å². The van der Waals surface area contributed by atoms with Crippen molar-refractivity contribution in [1.82, 2.24) is 20.1 Å². The summed E-state index contributed by atoms with van der Waals surface area (Å²) in [5.74, 6) is 1.67. The first kappa shape index (κ1) is 13.5. The topological polar surface area (TPSA) is 80.0 Å². The SMILES string of the molecule is CCN(CC)c1nc(Cl)nc(NCc2ccno2)n1. The van der Waals surface area contributed by atoms with Crippen LogP contribution < -0.4 is 10.2 Å². The molecule has 2 heterocycles. The lowest BCUT2D eigenvalue weighted by molar-refractivity contribution is 0.387. The van der Waals surface area contributed by atoms with E-state index in [1.807, 2.05) is 18.7 Å². The Balaban J connectivity index is 2.12. The molecule has 0 saturated carbocycles. The normalized spacial score (nSPS) is 10.5. The maximum Gasteiger partial charge on any atom is 0.231 e. The minimum absolute atomic E-state index is 0.164. The zero-order chi connectivity index (χ0) is 13.7. The van der Waals surface area contributed by atoms with Gasteiger partial charge in [-0.05, 0) is 25.4 Å². The van der Waals surface area contributed by atoms with E-state index in [0.29, 0.717) is 24.2 Å². The summed E-state index contributed by atoms with van der Waals surface area (Å²) in [6.45, 7) is 6.11. The number of nitrogens with one attached hydrogen (secondary N) is 1. The molecule has 1 N–H and O–H groups in total. The summed E-state index contributed by atoms with van der Waals surface area (Å²) in [5.41, 5.74) is 0. The van der Waals surface area contributed by atoms with Crippen molar-refractivity contribution in [2.75, 3.05) is 23.3 Å². The Bertz CT molecular complexity index is 514. The highest BCUT2D eigenvalue weighted by atomic mass is 35.5. The van der Waals surface area contributed by atoms with Gasteiger partial charge in [-0.2, -0.15) is 15.0 Å². The molecule has 0 amide bonds. The highest BCUT2D eigenvalue weighted by Crippen LogP contribution is 2.14. The Morgan fingerprint density at radius 1 is 1.26 bits per heavy atom. The standard InChI is InChI=1S/C11H15ClN6O/c1-3-18(4-2)11-16-9(12)15-10(17-11)13-7-8-5-6-14-19-8/h5-6H,3-4,7H2,1-2H3,(H,13,15,16,17). The second-order valence-corrected chi connectivity index (χ2v) is 4.07. The van der Waals surface area contributed by atoms with Crippen molar-refractivity contribution in [2.45, 2.75) is 20.4 Å². The summed E-state index contributed by atoms with van der Waals surface area (Å²) < 4.78 is 4.98. The summed E-state index contributed by atoms with van der Waals surface area (Å²) in [6, 6.07) is 1.76. The van der Waals surface area contributed by atoms with Gasteiger partial charge in [0.05, 0.1) is 12.7 Å². The molecule has 0 atom stereocenters. The summed E-state index contributed by atoms with van der Waals surface area (Å²) in [4.78, 5) is 14.5. The molecule has 0 unspecified atom stereocenters. The van der Waals surface area contributed by atoms with Gasteiger partial charge in [0, 0.05) is 19.2 Å². The Hall–Kier alpha value is -1.89. The first-order valence-corrected chi connectivity index (χ1v) is 6.40. The third-order valence-electron chi connectivity index (χ3n) is 2.55. The number of aromatic nitrogens is 4. The Morgan fingerprint density at radius 2 is 2.05 bits per heavy atom. The number of halogens is 1. The van der Waals surface area contributed by atoms with E-state index in [0.717, 1.165) is 13.1 Å². The van der Waals surface area contributed by atoms with Crippen molar-refractivity contribution >= 4 is 23.5 Å². The molecular weight excluding hydrogens is 268 g/mol. The molecule has 2 rings (SSSR count). The fraction of sp³-hybridized carbons (Fsp3) is 0.455.